The first-order valence-electron chi connectivity index (χ1n) is 9.10. The monoisotopic (exact) mass is 384 g/mol. The Balaban J connectivity index is 1.71. The van der Waals surface area contributed by atoms with Gasteiger partial charge in [0.1, 0.15) is 17.2 Å². The number of para-hydroxylation sites is 2. The van der Waals surface area contributed by atoms with Crippen molar-refractivity contribution in [2.75, 3.05) is 11.5 Å². The van der Waals surface area contributed by atoms with Crippen LogP contribution in [0, 0.1) is 0 Å². The molecule has 0 amide bonds. The summed E-state index contributed by atoms with van der Waals surface area (Å²) in [5.41, 5.74) is 12.9. The van der Waals surface area contributed by atoms with E-state index in [0.717, 1.165) is 0 Å². The highest BCUT2D eigenvalue weighted by Gasteiger charge is 2.16. The van der Waals surface area contributed by atoms with E-state index in [9.17, 15) is 0 Å². The van der Waals surface area contributed by atoms with Crippen LogP contribution in [-0.4, -0.2) is 0 Å². The fourth-order valence-electron chi connectivity index (χ4n) is 2.69. The van der Waals surface area contributed by atoms with E-state index >= 15 is 0 Å². The minimum Gasteiger partial charge on any atom is -0.453 e. The predicted molar refractivity (Wildman–Crippen MR) is 115 cm³/mol. The zero-order chi connectivity index (χ0) is 20.1. The van der Waals surface area contributed by atoms with Crippen molar-refractivity contribution < 1.29 is 14.2 Å². The zero-order valence-corrected chi connectivity index (χ0v) is 15.6. The number of rotatable bonds is 6. The summed E-state index contributed by atoms with van der Waals surface area (Å²) >= 11 is 0. The van der Waals surface area contributed by atoms with Gasteiger partial charge in [0.2, 0.25) is 5.75 Å². The second kappa shape index (κ2) is 8.27. The van der Waals surface area contributed by atoms with Crippen LogP contribution in [-0.2, 0) is 0 Å². The largest absolute Gasteiger partial charge is 0.453 e. The maximum Gasteiger partial charge on any atom is 0.212 e. The minimum absolute atomic E-state index is 0.456. The fourth-order valence-corrected chi connectivity index (χ4v) is 2.69. The van der Waals surface area contributed by atoms with Crippen LogP contribution >= 0.6 is 0 Å². The molecule has 5 heteroatoms. The van der Waals surface area contributed by atoms with E-state index in [1.54, 1.807) is 48.5 Å². The summed E-state index contributed by atoms with van der Waals surface area (Å²) in [5, 5.41) is 0. The third-order valence-corrected chi connectivity index (χ3v) is 4.12. The standard InChI is InChI=1S/C24H20N2O3/c25-17-9-13-20(14-10-17)28-23-8-4-7-22(27-19-5-2-1-3-6-19)24(23)29-21-15-11-18(26)12-16-21/h1-16H,25-26H2. The Kier molecular flexibility index (Phi) is 5.21. The first-order chi connectivity index (χ1) is 14.2. The van der Waals surface area contributed by atoms with Gasteiger partial charge in [-0.25, -0.2) is 0 Å². The van der Waals surface area contributed by atoms with Crippen LogP contribution < -0.4 is 25.7 Å². The third kappa shape index (κ3) is 4.59. The minimum atomic E-state index is 0.456. The highest BCUT2D eigenvalue weighted by Crippen LogP contribution is 2.44. The number of nitrogens with two attached hydrogens (primary N) is 2. The lowest BCUT2D eigenvalue weighted by molar-refractivity contribution is 0.386. The Morgan fingerprint density at radius 2 is 0.862 bits per heavy atom. The van der Waals surface area contributed by atoms with Gasteiger partial charge in [-0.3, -0.25) is 0 Å². The predicted octanol–water partition coefficient (Wildman–Crippen LogP) is 6.23. The number of ether oxygens (including phenoxy) is 3. The first-order valence-corrected chi connectivity index (χ1v) is 9.10. The van der Waals surface area contributed by atoms with E-state index in [1.807, 2.05) is 48.5 Å². The Hall–Kier alpha value is -4.12. The average molecular weight is 384 g/mol. The van der Waals surface area contributed by atoms with Gasteiger partial charge in [-0.1, -0.05) is 24.3 Å². The molecule has 0 fully saturated rings. The molecule has 0 aliphatic carbocycles. The van der Waals surface area contributed by atoms with Gasteiger partial charge in [-0.15, -0.1) is 0 Å². The molecule has 4 aromatic rings. The normalized spacial score (nSPS) is 10.3. The molecular weight excluding hydrogens is 364 g/mol. The highest BCUT2D eigenvalue weighted by molar-refractivity contribution is 5.56. The van der Waals surface area contributed by atoms with Gasteiger partial charge >= 0.3 is 0 Å². The molecule has 0 saturated carbocycles. The second-order valence-electron chi connectivity index (χ2n) is 6.34. The van der Waals surface area contributed by atoms with Gasteiger partial charge in [0.05, 0.1) is 0 Å². The van der Waals surface area contributed by atoms with E-state index in [4.69, 9.17) is 25.7 Å². The van der Waals surface area contributed by atoms with Crippen molar-refractivity contribution in [3.63, 3.8) is 0 Å². The summed E-state index contributed by atoms with van der Waals surface area (Å²) in [6.45, 7) is 0. The molecule has 0 aliphatic rings. The van der Waals surface area contributed by atoms with Crippen LogP contribution in [0.2, 0.25) is 0 Å². The maximum atomic E-state index is 6.13. The summed E-state index contributed by atoms with van der Waals surface area (Å²) in [7, 11) is 0. The summed E-state index contributed by atoms with van der Waals surface area (Å²) in [5.74, 6) is 3.45. The van der Waals surface area contributed by atoms with E-state index in [0.29, 0.717) is 45.9 Å². The lowest BCUT2D eigenvalue weighted by atomic mass is 10.2. The van der Waals surface area contributed by atoms with Gasteiger partial charge in [-0.05, 0) is 72.8 Å². The van der Waals surface area contributed by atoms with E-state index in [1.165, 1.54) is 0 Å². The molecule has 144 valence electrons. The third-order valence-electron chi connectivity index (χ3n) is 4.12. The Morgan fingerprint density at radius 3 is 1.38 bits per heavy atom. The van der Waals surface area contributed by atoms with Crippen molar-refractivity contribution in [2.24, 2.45) is 0 Å². The molecule has 0 aromatic heterocycles. The molecule has 0 spiro atoms. The lowest BCUT2D eigenvalue weighted by Crippen LogP contribution is -1.95. The molecule has 5 nitrogen and oxygen atoms in total. The van der Waals surface area contributed by atoms with Crippen LogP contribution in [0.1, 0.15) is 0 Å². The second-order valence-corrected chi connectivity index (χ2v) is 6.34. The Bertz CT molecular complexity index is 1080. The Morgan fingerprint density at radius 1 is 0.414 bits per heavy atom. The molecule has 0 heterocycles. The van der Waals surface area contributed by atoms with Gasteiger partial charge < -0.3 is 25.7 Å². The molecule has 0 bridgehead atoms. The van der Waals surface area contributed by atoms with Crippen molar-refractivity contribution in [3.05, 3.63) is 97.1 Å². The first kappa shape index (κ1) is 18.3. The van der Waals surface area contributed by atoms with E-state index in [2.05, 4.69) is 0 Å². The molecule has 4 rings (SSSR count). The van der Waals surface area contributed by atoms with Crippen LogP contribution in [0.5, 0.6) is 34.5 Å². The molecule has 0 unspecified atom stereocenters. The SMILES string of the molecule is Nc1ccc(Oc2cccc(Oc3ccccc3)c2Oc2ccc(N)cc2)cc1. The summed E-state index contributed by atoms with van der Waals surface area (Å²) in [4.78, 5) is 0. The molecule has 0 radical (unpaired) electrons. The molecule has 0 aliphatic heterocycles. The van der Waals surface area contributed by atoms with E-state index in [-0.39, 0.29) is 0 Å². The highest BCUT2D eigenvalue weighted by atomic mass is 16.5. The summed E-state index contributed by atoms with van der Waals surface area (Å²) in [6, 6.07) is 29.3. The molecule has 0 atom stereocenters. The summed E-state index contributed by atoms with van der Waals surface area (Å²) in [6.07, 6.45) is 0. The number of anilines is 2. The number of hydrogen-bond acceptors (Lipinski definition) is 5. The smallest absolute Gasteiger partial charge is 0.212 e. The van der Waals surface area contributed by atoms with Crippen LogP contribution in [0.25, 0.3) is 0 Å². The van der Waals surface area contributed by atoms with E-state index < -0.39 is 0 Å². The zero-order valence-electron chi connectivity index (χ0n) is 15.6. The number of nitrogen functional groups attached to an aromatic ring is 2. The molecule has 0 saturated heterocycles. The Labute approximate surface area is 169 Å². The van der Waals surface area contributed by atoms with Crippen molar-refractivity contribution in [1.82, 2.24) is 0 Å². The van der Waals surface area contributed by atoms with Crippen molar-refractivity contribution in [2.45, 2.75) is 0 Å². The average Bonchev–Trinajstić information content (AvgIpc) is 2.74. The van der Waals surface area contributed by atoms with Crippen LogP contribution in [0.4, 0.5) is 11.4 Å². The van der Waals surface area contributed by atoms with Crippen molar-refractivity contribution in [1.29, 1.82) is 0 Å². The van der Waals surface area contributed by atoms with Gasteiger partial charge in [-0.2, -0.15) is 0 Å². The van der Waals surface area contributed by atoms with Gasteiger partial charge in [0.25, 0.3) is 0 Å². The fraction of sp³-hybridized carbons (Fsp3) is 0. The van der Waals surface area contributed by atoms with Gasteiger partial charge in [0.15, 0.2) is 11.5 Å². The molecule has 29 heavy (non-hydrogen) atoms. The van der Waals surface area contributed by atoms with Crippen LogP contribution in [0.15, 0.2) is 97.1 Å². The number of hydrogen-bond donors (Lipinski definition) is 2. The van der Waals surface area contributed by atoms with Gasteiger partial charge in [0, 0.05) is 11.4 Å². The quantitative estimate of drug-likeness (QED) is 0.385. The van der Waals surface area contributed by atoms with Crippen LogP contribution in [0.3, 0.4) is 0 Å². The number of benzene rings is 4. The van der Waals surface area contributed by atoms with Crippen molar-refractivity contribution >= 4 is 11.4 Å². The molecule has 4 aromatic carbocycles. The molecule has 4 N–H and O–H groups in total. The van der Waals surface area contributed by atoms with Crippen molar-refractivity contribution in [3.8, 4) is 34.5 Å². The topological polar surface area (TPSA) is 79.7 Å². The maximum absolute atomic E-state index is 6.13. The lowest BCUT2D eigenvalue weighted by Gasteiger charge is -2.16. The summed E-state index contributed by atoms with van der Waals surface area (Å²) < 4.78 is 18.2. The molecular formula is C24H20N2O3.